The Balaban J connectivity index is 2.60. The van der Waals surface area contributed by atoms with Crippen LogP contribution in [-0.4, -0.2) is 29.6 Å². The highest BCUT2D eigenvalue weighted by Crippen LogP contribution is 2.25. The van der Waals surface area contributed by atoms with Crippen LogP contribution in [0.2, 0.25) is 0 Å². The van der Waals surface area contributed by atoms with Gasteiger partial charge < -0.3 is 10.0 Å². The molecule has 1 N–H and O–H groups in total. The number of benzene rings is 1. The second-order valence-corrected chi connectivity index (χ2v) is 7.76. The Labute approximate surface area is 152 Å². The van der Waals surface area contributed by atoms with Crippen molar-refractivity contribution in [1.82, 2.24) is 4.90 Å². The molecule has 0 aliphatic rings. The zero-order chi connectivity index (χ0) is 16.4. The van der Waals surface area contributed by atoms with E-state index in [1.165, 1.54) is 38.5 Å². The Kier molecular flexibility index (Phi) is 10.6. The van der Waals surface area contributed by atoms with Gasteiger partial charge in [0, 0.05) is 15.5 Å². The molecule has 1 unspecified atom stereocenters. The molecule has 0 aromatic heterocycles. The molecule has 0 amide bonds. The first kappa shape index (κ1) is 20.1. The van der Waals surface area contributed by atoms with Crippen molar-refractivity contribution in [2.24, 2.45) is 0 Å². The van der Waals surface area contributed by atoms with Crippen molar-refractivity contribution in [3.05, 3.63) is 32.7 Å². The van der Waals surface area contributed by atoms with Crippen molar-refractivity contribution in [1.29, 1.82) is 0 Å². The second kappa shape index (κ2) is 11.6. The van der Waals surface area contributed by atoms with Crippen LogP contribution >= 0.6 is 31.9 Å². The van der Waals surface area contributed by atoms with E-state index in [2.05, 4.69) is 50.6 Å². The van der Waals surface area contributed by atoms with E-state index >= 15 is 0 Å². The van der Waals surface area contributed by atoms with Gasteiger partial charge in [-0.15, -0.1) is 0 Å². The van der Waals surface area contributed by atoms with Gasteiger partial charge in [-0.1, -0.05) is 71.4 Å². The van der Waals surface area contributed by atoms with Crippen molar-refractivity contribution in [3.63, 3.8) is 0 Å². The van der Waals surface area contributed by atoms with Crippen LogP contribution < -0.4 is 0 Å². The van der Waals surface area contributed by atoms with E-state index < -0.39 is 6.10 Å². The minimum atomic E-state index is -0.433. The van der Waals surface area contributed by atoms with Crippen molar-refractivity contribution in [3.8, 4) is 0 Å². The number of rotatable bonds is 11. The average molecular weight is 435 g/mol. The average Bonchev–Trinajstić information content (AvgIpc) is 2.46. The third kappa shape index (κ3) is 8.09. The van der Waals surface area contributed by atoms with Crippen LogP contribution in [0.4, 0.5) is 0 Å². The van der Waals surface area contributed by atoms with Crippen LogP contribution in [0.1, 0.15) is 64.0 Å². The molecule has 0 radical (unpaired) electrons. The molecular formula is C18H29Br2NO. The third-order valence-corrected chi connectivity index (χ3v) is 4.77. The van der Waals surface area contributed by atoms with Crippen LogP contribution in [0, 0.1) is 0 Å². The monoisotopic (exact) mass is 433 g/mol. The predicted octanol–water partition coefficient (Wildman–Crippen LogP) is 5.93. The summed E-state index contributed by atoms with van der Waals surface area (Å²) in [5.74, 6) is 0. The summed E-state index contributed by atoms with van der Waals surface area (Å²) in [6.45, 7) is 7.36. The highest BCUT2D eigenvalue weighted by molar-refractivity contribution is 9.11. The Hall–Kier alpha value is 0.1000. The van der Waals surface area contributed by atoms with Crippen LogP contribution in [0.15, 0.2) is 27.1 Å². The SMILES string of the molecule is CCCCCN(CCCCC)CC(O)c1cc(Br)cc(Br)c1. The van der Waals surface area contributed by atoms with E-state index in [4.69, 9.17) is 0 Å². The number of aliphatic hydroxyl groups excluding tert-OH is 1. The first-order chi connectivity index (χ1) is 10.6. The molecule has 1 aromatic rings. The normalized spacial score (nSPS) is 12.8. The maximum absolute atomic E-state index is 10.6. The molecule has 1 rings (SSSR count). The van der Waals surface area contributed by atoms with Crippen molar-refractivity contribution in [2.45, 2.75) is 58.5 Å². The summed E-state index contributed by atoms with van der Waals surface area (Å²) in [4.78, 5) is 2.42. The second-order valence-electron chi connectivity index (χ2n) is 5.93. The molecule has 0 heterocycles. The fraction of sp³-hybridized carbons (Fsp3) is 0.667. The van der Waals surface area contributed by atoms with Gasteiger partial charge in [0.05, 0.1) is 6.10 Å². The van der Waals surface area contributed by atoms with Crippen LogP contribution in [-0.2, 0) is 0 Å². The topological polar surface area (TPSA) is 23.5 Å². The van der Waals surface area contributed by atoms with E-state index in [0.29, 0.717) is 0 Å². The van der Waals surface area contributed by atoms with Crippen molar-refractivity contribution >= 4 is 31.9 Å². The largest absolute Gasteiger partial charge is 0.387 e. The standard InChI is InChI=1S/C18H29Br2NO/c1-3-5-7-9-21(10-8-6-4-2)14-18(22)15-11-16(19)13-17(20)12-15/h11-13,18,22H,3-10,14H2,1-2H3. The zero-order valence-corrected chi connectivity index (χ0v) is 17.0. The van der Waals surface area contributed by atoms with Gasteiger partial charge >= 0.3 is 0 Å². The quantitative estimate of drug-likeness (QED) is 0.436. The maximum atomic E-state index is 10.6. The molecule has 1 atom stereocenters. The molecule has 0 spiro atoms. The molecule has 0 saturated carbocycles. The summed E-state index contributed by atoms with van der Waals surface area (Å²) in [7, 11) is 0. The van der Waals surface area contributed by atoms with Gasteiger partial charge in [-0.3, -0.25) is 0 Å². The van der Waals surface area contributed by atoms with Gasteiger partial charge in [-0.25, -0.2) is 0 Å². The molecule has 1 aromatic carbocycles. The van der Waals surface area contributed by atoms with Crippen LogP contribution in [0.25, 0.3) is 0 Å². The van der Waals surface area contributed by atoms with Gasteiger partial charge in [0.25, 0.3) is 0 Å². The Morgan fingerprint density at radius 2 is 1.41 bits per heavy atom. The summed E-state index contributed by atoms with van der Waals surface area (Å²) < 4.78 is 2.00. The number of hydrogen-bond donors (Lipinski definition) is 1. The summed E-state index contributed by atoms with van der Waals surface area (Å²) >= 11 is 6.99. The summed E-state index contributed by atoms with van der Waals surface area (Å²) in [5.41, 5.74) is 0.970. The smallest absolute Gasteiger partial charge is 0.0917 e. The maximum Gasteiger partial charge on any atom is 0.0917 e. The van der Waals surface area contributed by atoms with E-state index in [0.717, 1.165) is 34.1 Å². The molecular weight excluding hydrogens is 406 g/mol. The van der Waals surface area contributed by atoms with E-state index in [-0.39, 0.29) is 0 Å². The molecule has 0 bridgehead atoms. The van der Waals surface area contributed by atoms with Crippen molar-refractivity contribution < 1.29 is 5.11 Å². The minimum absolute atomic E-state index is 0.433. The van der Waals surface area contributed by atoms with E-state index in [9.17, 15) is 5.11 Å². The fourth-order valence-corrected chi connectivity index (χ4v) is 3.91. The minimum Gasteiger partial charge on any atom is -0.387 e. The molecule has 2 nitrogen and oxygen atoms in total. The molecule has 0 aliphatic heterocycles. The Bertz CT molecular complexity index is 395. The first-order valence-corrected chi connectivity index (χ1v) is 10.0. The van der Waals surface area contributed by atoms with Crippen molar-refractivity contribution in [2.75, 3.05) is 19.6 Å². The number of nitrogens with zero attached hydrogens (tertiary/aromatic N) is 1. The number of unbranched alkanes of at least 4 members (excludes halogenated alkanes) is 4. The third-order valence-electron chi connectivity index (χ3n) is 3.86. The first-order valence-electron chi connectivity index (χ1n) is 8.43. The predicted molar refractivity (Wildman–Crippen MR) is 102 cm³/mol. The Morgan fingerprint density at radius 1 is 0.909 bits per heavy atom. The van der Waals surface area contributed by atoms with Crippen LogP contribution in [0.5, 0.6) is 0 Å². The molecule has 22 heavy (non-hydrogen) atoms. The lowest BCUT2D eigenvalue weighted by molar-refractivity contribution is 0.110. The molecule has 126 valence electrons. The molecule has 0 saturated heterocycles. The molecule has 4 heteroatoms. The van der Waals surface area contributed by atoms with Gasteiger partial charge in [0.15, 0.2) is 0 Å². The Morgan fingerprint density at radius 3 is 1.86 bits per heavy atom. The molecule has 0 fully saturated rings. The lowest BCUT2D eigenvalue weighted by Crippen LogP contribution is -2.31. The van der Waals surface area contributed by atoms with Gasteiger partial charge in [0.1, 0.15) is 0 Å². The highest BCUT2D eigenvalue weighted by atomic mass is 79.9. The summed E-state index contributed by atoms with van der Waals surface area (Å²) in [5, 5.41) is 10.6. The van der Waals surface area contributed by atoms with E-state index in [1.807, 2.05) is 18.2 Å². The summed E-state index contributed by atoms with van der Waals surface area (Å²) in [6, 6.07) is 6.01. The van der Waals surface area contributed by atoms with Gasteiger partial charge in [-0.05, 0) is 49.7 Å². The summed E-state index contributed by atoms with van der Waals surface area (Å²) in [6.07, 6.45) is 7.02. The van der Waals surface area contributed by atoms with E-state index in [1.54, 1.807) is 0 Å². The number of hydrogen-bond acceptors (Lipinski definition) is 2. The zero-order valence-electron chi connectivity index (χ0n) is 13.8. The highest BCUT2D eigenvalue weighted by Gasteiger charge is 2.14. The lowest BCUT2D eigenvalue weighted by atomic mass is 10.1. The van der Waals surface area contributed by atoms with Crippen LogP contribution in [0.3, 0.4) is 0 Å². The van der Waals surface area contributed by atoms with Gasteiger partial charge in [-0.2, -0.15) is 0 Å². The number of aliphatic hydroxyl groups is 1. The molecule has 0 aliphatic carbocycles. The number of halogens is 2. The fourth-order valence-electron chi connectivity index (χ4n) is 2.58. The van der Waals surface area contributed by atoms with Gasteiger partial charge in [0.2, 0.25) is 0 Å². The lowest BCUT2D eigenvalue weighted by Gasteiger charge is -2.25.